The average molecular weight is 429 g/mol. The molecule has 2 aromatic carbocycles. The van der Waals surface area contributed by atoms with Gasteiger partial charge in [-0.15, -0.1) is 4.83 Å². The molecule has 0 saturated heterocycles. The Morgan fingerprint density at radius 3 is 2.40 bits per heavy atom. The first-order valence-electron chi connectivity index (χ1n) is 9.57. The Balaban J connectivity index is 1.56. The number of nitrogens with one attached hydrogen (secondary N) is 2. The molecule has 7 nitrogen and oxygen atoms in total. The van der Waals surface area contributed by atoms with Crippen molar-refractivity contribution >= 4 is 15.9 Å². The van der Waals surface area contributed by atoms with Crippen LogP contribution in [0.25, 0.3) is 0 Å². The number of hydrogen-bond acceptors (Lipinski definition) is 5. The van der Waals surface area contributed by atoms with Gasteiger partial charge in [0.15, 0.2) is 5.76 Å². The van der Waals surface area contributed by atoms with Crippen LogP contribution in [0.1, 0.15) is 48.1 Å². The van der Waals surface area contributed by atoms with Gasteiger partial charge in [0, 0.05) is 0 Å². The van der Waals surface area contributed by atoms with Crippen LogP contribution < -0.4 is 15.0 Å². The molecule has 0 aliphatic rings. The molecule has 0 radical (unpaired) electrons. The quantitative estimate of drug-likeness (QED) is 0.502. The van der Waals surface area contributed by atoms with Crippen LogP contribution in [-0.2, 0) is 16.6 Å². The molecule has 0 bridgehead atoms. The zero-order valence-electron chi connectivity index (χ0n) is 16.8. The number of carbonyl (C=O) groups is 1. The van der Waals surface area contributed by atoms with Crippen molar-refractivity contribution < 1.29 is 22.4 Å². The number of ether oxygens (including phenoxy) is 1. The molecule has 0 fully saturated rings. The van der Waals surface area contributed by atoms with E-state index in [4.69, 9.17) is 9.15 Å². The molecule has 0 spiro atoms. The summed E-state index contributed by atoms with van der Waals surface area (Å²) in [5.74, 6) is 0.713. The summed E-state index contributed by atoms with van der Waals surface area (Å²) in [4.78, 5) is 14.4. The van der Waals surface area contributed by atoms with E-state index >= 15 is 0 Å². The third-order valence-electron chi connectivity index (χ3n) is 4.68. The third kappa shape index (κ3) is 5.49. The first-order chi connectivity index (χ1) is 14.4. The van der Waals surface area contributed by atoms with Crippen molar-refractivity contribution in [1.29, 1.82) is 0 Å². The van der Waals surface area contributed by atoms with Crippen LogP contribution in [0.2, 0.25) is 0 Å². The number of hydrazine groups is 1. The molecule has 0 aliphatic heterocycles. The monoisotopic (exact) mass is 428 g/mol. The molecule has 8 heteroatoms. The SMILES string of the molecule is CC[C@@H](C)c1ccc(S(=O)(=O)NNC(=O)c2ccc(COc3ccccc3)o2)cc1. The standard InChI is InChI=1S/C22H24N2O5S/c1-3-16(2)17-9-12-20(13-10-17)30(26,27)24-23-22(25)21-14-11-19(29-21)15-28-18-7-5-4-6-8-18/h4-14,16,24H,3,15H2,1-2H3,(H,23,25)/t16-/m1/s1. The summed E-state index contributed by atoms with van der Waals surface area (Å²) < 4.78 is 35.8. The van der Waals surface area contributed by atoms with Gasteiger partial charge in [0.1, 0.15) is 18.1 Å². The van der Waals surface area contributed by atoms with Crippen LogP contribution in [0, 0.1) is 0 Å². The second-order valence-electron chi connectivity index (χ2n) is 6.81. The lowest BCUT2D eigenvalue weighted by molar-refractivity contribution is 0.0913. The summed E-state index contributed by atoms with van der Waals surface area (Å²) in [5, 5.41) is 0. The highest BCUT2D eigenvalue weighted by molar-refractivity contribution is 7.89. The molecule has 30 heavy (non-hydrogen) atoms. The van der Waals surface area contributed by atoms with Crippen LogP contribution >= 0.6 is 0 Å². The second-order valence-corrected chi connectivity index (χ2v) is 8.49. The number of amides is 1. The lowest BCUT2D eigenvalue weighted by Crippen LogP contribution is -2.41. The summed E-state index contributed by atoms with van der Waals surface area (Å²) in [6, 6.07) is 18.8. The minimum Gasteiger partial charge on any atom is -0.486 e. The number of furan rings is 1. The zero-order chi connectivity index (χ0) is 21.6. The van der Waals surface area contributed by atoms with E-state index in [0.717, 1.165) is 12.0 Å². The third-order valence-corrected chi connectivity index (χ3v) is 5.94. The van der Waals surface area contributed by atoms with Crippen molar-refractivity contribution in [2.75, 3.05) is 0 Å². The molecule has 158 valence electrons. The molecule has 1 amide bonds. The number of rotatable bonds is 9. The molecule has 1 atom stereocenters. The molecule has 0 aliphatic carbocycles. The highest BCUT2D eigenvalue weighted by atomic mass is 32.2. The van der Waals surface area contributed by atoms with Crippen LogP contribution in [-0.4, -0.2) is 14.3 Å². The van der Waals surface area contributed by atoms with Crippen LogP contribution in [0.4, 0.5) is 0 Å². The van der Waals surface area contributed by atoms with Gasteiger partial charge in [-0.05, 0) is 54.3 Å². The molecule has 3 rings (SSSR count). The van der Waals surface area contributed by atoms with Gasteiger partial charge in [-0.25, -0.2) is 8.42 Å². The number of hydrogen-bond donors (Lipinski definition) is 2. The van der Waals surface area contributed by atoms with Gasteiger partial charge in [0.2, 0.25) is 0 Å². The smallest absolute Gasteiger partial charge is 0.301 e. The normalized spacial score (nSPS) is 12.3. The molecular formula is C22H24N2O5S. The van der Waals surface area contributed by atoms with Gasteiger partial charge in [-0.3, -0.25) is 10.2 Å². The van der Waals surface area contributed by atoms with Crippen LogP contribution in [0.15, 0.2) is 76.0 Å². The first-order valence-corrected chi connectivity index (χ1v) is 11.1. The fourth-order valence-corrected chi connectivity index (χ4v) is 3.53. The van der Waals surface area contributed by atoms with Gasteiger partial charge < -0.3 is 9.15 Å². The Morgan fingerprint density at radius 1 is 1.03 bits per heavy atom. The number of carbonyl (C=O) groups excluding carboxylic acids is 1. The molecule has 1 aromatic heterocycles. The Kier molecular flexibility index (Phi) is 6.91. The second kappa shape index (κ2) is 9.60. The van der Waals surface area contributed by atoms with E-state index < -0.39 is 15.9 Å². The van der Waals surface area contributed by atoms with E-state index in [1.165, 1.54) is 18.2 Å². The molecule has 2 N–H and O–H groups in total. The molecule has 0 unspecified atom stereocenters. The van der Waals surface area contributed by atoms with Gasteiger partial charge in [-0.1, -0.05) is 44.2 Å². The average Bonchev–Trinajstić information content (AvgIpc) is 3.25. The van der Waals surface area contributed by atoms with E-state index in [1.54, 1.807) is 30.3 Å². The summed E-state index contributed by atoms with van der Waals surface area (Å²) in [6.45, 7) is 4.29. The highest BCUT2D eigenvalue weighted by Gasteiger charge is 2.18. The van der Waals surface area contributed by atoms with Crippen molar-refractivity contribution in [1.82, 2.24) is 10.3 Å². The minimum absolute atomic E-state index is 0.0310. The lowest BCUT2D eigenvalue weighted by Gasteiger charge is -2.11. The Labute approximate surface area is 176 Å². The molecule has 1 heterocycles. The maximum atomic E-state index is 12.4. The van der Waals surface area contributed by atoms with Crippen molar-refractivity contribution in [3.05, 3.63) is 83.8 Å². The van der Waals surface area contributed by atoms with E-state index in [1.807, 2.05) is 18.2 Å². The predicted octanol–water partition coefficient (Wildman–Crippen LogP) is 4.00. The summed E-state index contributed by atoms with van der Waals surface area (Å²) in [6.07, 6.45) is 0.960. The zero-order valence-corrected chi connectivity index (χ0v) is 17.6. The van der Waals surface area contributed by atoms with Crippen molar-refractivity contribution in [2.24, 2.45) is 0 Å². The van der Waals surface area contributed by atoms with E-state index in [2.05, 4.69) is 24.1 Å². The largest absolute Gasteiger partial charge is 0.486 e. The van der Waals surface area contributed by atoms with Gasteiger partial charge in [0.05, 0.1) is 4.90 Å². The number of sulfonamides is 1. The van der Waals surface area contributed by atoms with Crippen LogP contribution in [0.5, 0.6) is 5.75 Å². The Hall–Kier alpha value is -3.10. The first kappa shape index (κ1) is 21.6. The Morgan fingerprint density at radius 2 is 1.73 bits per heavy atom. The van der Waals surface area contributed by atoms with Crippen molar-refractivity contribution in [3.8, 4) is 5.75 Å². The van der Waals surface area contributed by atoms with Crippen molar-refractivity contribution in [2.45, 2.75) is 37.7 Å². The minimum atomic E-state index is -3.90. The van der Waals surface area contributed by atoms with Gasteiger partial charge in [-0.2, -0.15) is 0 Å². The van der Waals surface area contributed by atoms with Gasteiger partial charge in [0.25, 0.3) is 10.0 Å². The highest BCUT2D eigenvalue weighted by Crippen LogP contribution is 2.20. The summed E-state index contributed by atoms with van der Waals surface area (Å²) >= 11 is 0. The van der Waals surface area contributed by atoms with Crippen molar-refractivity contribution in [3.63, 3.8) is 0 Å². The van der Waals surface area contributed by atoms with Gasteiger partial charge >= 0.3 is 5.91 Å². The maximum Gasteiger partial charge on any atom is 0.301 e. The molecular weight excluding hydrogens is 404 g/mol. The number of para-hydroxylation sites is 1. The summed E-state index contributed by atoms with van der Waals surface area (Å²) in [5.41, 5.74) is 3.22. The van der Waals surface area contributed by atoms with E-state index in [0.29, 0.717) is 17.4 Å². The summed E-state index contributed by atoms with van der Waals surface area (Å²) in [7, 11) is -3.90. The maximum absolute atomic E-state index is 12.4. The fourth-order valence-electron chi connectivity index (χ4n) is 2.69. The van der Waals surface area contributed by atoms with Crippen LogP contribution in [0.3, 0.4) is 0 Å². The molecule has 3 aromatic rings. The topological polar surface area (TPSA) is 97.6 Å². The lowest BCUT2D eigenvalue weighted by atomic mass is 9.99. The molecule has 0 saturated carbocycles. The van der Waals surface area contributed by atoms with E-state index in [9.17, 15) is 13.2 Å². The predicted molar refractivity (Wildman–Crippen MR) is 112 cm³/mol. The van der Waals surface area contributed by atoms with E-state index in [-0.39, 0.29) is 17.3 Å². The number of benzene rings is 2. The Bertz CT molecular complexity index is 1080. The fraction of sp³-hybridized carbons (Fsp3) is 0.227.